The molecule has 0 spiro atoms. The van der Waals surface area contributed by atoms with E-state index in [4.69, 9.17) is 4.74 Å². The van der Waals surface area contributed by atoms with Crippen molar-refractivity contribution in [1.29, 1.82) is 0 Å². The fraction of sp³-hybridized carbons (Fsp3) is 0.875. The standard InChI is InChI=1S/C16H26O2/c1-4-14(2,3)16-11-7-10-15(18-13(16)17)9-6-5-8-12(15)16/h4,12-13,17H,1,5-11H2,2-3H3/t12?,13?,15-,16-/m0/s1. The first-order valence-corrected chi connectivity index (χ1v) is 7.48. The molecule has 0 aromatic rings. The van der Waals surface area contributed by atoms with Gasteiger partial charge in [0.2, 0.25) is 0 Å². The van der Waals surface area contributed by atoms with Crippen LogP contribution < -0.4 is 0 Å². The third-order valence-electron chi connectivity index (χ3n) is 6.29. The minimum absolute atomic E-state index is 0.0177. The van der Waals surface area contributed by atoms with Crippen LogP contribution in [-0.4, -0.2) is 17.0 Å². The van der Waals surface area contributed by atoms with E-state index < -0.39 is 6.29 Å². The predicted octanol–water partition coefficient (Wildman–Crippen LogP) is 3.65. The zero-order chi connectivity index (χ0) is 13.0. The maximum atomic E-state index is 10.7. The first-order valence-electron chi connectivity index (χ1n) is 7.48. The normalized spacial score (nSPS) is 47.7. The topological polar surface area (TPSA) is 29.5 Å². The van der Waals surface area contributed by atoms with Crippen LogP contribution in [0.4, 0.5) is 0 Å². The van der Waals surface area contributed by atoms with Crippen LogP contribution in [0.15, 0.2) is 12.7 Å². The lowest BCUT2D eigenvalue weighted by atomic mass is 9.49. The molecule has 0 amide bonds. The highest BCUT2D eigenvalue weighted by Crippen LogP contribution is 2.68. The molecular weight excluding hydrogens is 224 g/mol. The van der Waals surface area contributed by atoms with Crippen molar-refractivity contribution in [3.05, 3.63) is 12.7 Å². The van der Waals surface area contributed by atoms with Gasteiger partial charge in [-0.1, -0.05) is 32.8 Å². The molecule has 0 radical (unpaired) electrons. The molecule has 1 saturated heterocycles. The first kappa shape index (κ1) is 12.7. The van der Waals surface area contributed by atoms with E-state index in [2.05, 4.69) is 20.4 Å². The van der Waals surface area contributed by atoms with Crippen molar-refractivity contribution in [2.75, 3.05) is 0 Å². The molecule has 2 unspecified atom stereocenters. The van der Waals surface area contributed by atoms with Crippen LogP contribution in [-0.2, 0) is 4.74 Å². The number of ether oxygens (including phenoxy) is 1. The molecule has 3 rings (SSSR count). The van der Waals surface area contributed by atoms with Gasteiger partial charge < -0.3 is 9.84 Å². The Morgan fingerprint density at radius 3 is 2.67 bits per heavy atom. The first-order chi connectivity index (χ1) is 8.48. The molecule has 2 aliphatic carbocycles. The lowest BCUT2D eigenvalue weighted by molar-refractivity contribution is -0.174. The maximum Gasteiger partial charge on any atom is 0.162 e. The van der Waals surface area contributed by atoms with Gasteiger partial charge >= 0.3 is 0 Å². The van der Waals surface area contributed by atoms with Crippen molar-refractivity contribution in [2.24, 2.45) is 16.7 Å². The number of hydrogen-bond donors (Lipinski definition) is 1. The Balaban J connectivity index is 2.09. The molecule has 1 heterocycles. The molecule has 1 N–H and O–H groups in total. The lowest BCUT2D eigenvalue weighted by Crippen LogP contribution is -2.53. The number of aliphatic hydroxyl groups is 1. The van der Waals surface area contributed by atoms with E-state index in [1.807, 2.05) is 6.08 Å². The van der Waals surface area contributed by atoms with Gasteiger partial charge in [0.25, 0.3) is 0 Å². The minimum Gasteiger partial charge on any atom is -0.367 e. The number of allylic oxidation sites excluding steroid dienone is 1. The van der Waals surface area contributed by atoms with Crippen LogP contribution in [0.3, 0.4) is 0 Å². The largest absolute Gasteiger partial charge is 0.367 e. The second-order valence-electron chi connectivity index (χ2n) is 7.15. The molecule has 4 atom stereocenters. The summed E-state index contributed by atoms with van der Waals surface area (Å²) in [5.74, 6) is 0.524. The second kappa shape index (κ2) is 3.83. The van der Waals surface area contributed by atoms with Gasteiger partial charge in [-0.25, -0.2) is 0 Å². The summed E-state index contributed by atoms with van der Waals surface area (Å²) in [6, 6.07) is 0. The summed E-state index contributed by atoms with van der Waals surface area (Å²) >= 11 is 0. The van der Waals surface area contributed by atoms with Gasteiger partial charge in [-0.05, 0) is 43.4 Å². The zero-order valence-corrected chi connectivity index (χ0v) is 11.7. The Bertz CT molecular complexity index is 358. The SMILES string of the molecule is C=CC(C)(C)[C@@]12CCC[C@]3(CCCCC31)OC2O. The van der Waals surface area contributed by atoms with E-state index >= 15 is 0 Å². The average molecular weight is 250 g/mol. The molecule has 3 aliphatic rings. The van der Waals surface area contributed by atoms with Crippen molar-refractivity contribution < 1.29 is 9.84 Å². The second-order valence-corrected chi connectivity index (χ2v) is 7.15. The van der Waals surface area contributed by atoms with Crippen LogP contribution in [0.5, 0.6) is 0 Å². The molecule has 3 fully saturated rings. The van der Waals surface area contributed by atoms with E-state index in [1.54, 1.807) is 0 Å². The lowest BCUT2D eigenvalue weighted by Gasteiger charge is -2.54. The van der Waals surface area contributed by atoms with Crippen LogP contribution in [0.25, 0.3) is 0 Å². The highest BCUT2D eigenvalue weighted by molar-refractivity contribution is 5.18. The van der Waals surface area contributed by atoms with E-state index in [9.17, 15) is 5.11 Å². The maximum absolute atomic E-state index is 10.7. The third kappa shape index (κ3) is 1.31. The smallest absolute Gasteiger partial charge is 0.162 e. The number of aliphatic hydroxyl groups excluding tert-OH is 1. The monoisotopic (exact) mass is 250 g/mol. The predicted molar refractivity (Wildman–Crippen MR) is 72.0 cm³/mol. The molecule has 0 aromatic carbocycles. The molecule has 102 valence electrons. The summed E-state index contributed by atoms with van der Waals surface area (Å²) in [5, 5.41) is 10.7. The highest BCUT2D eigenvalue weighted by atomic mass is 16.6. The van der Waals surface area contributed by atoms with Crippen molar-refractivity contribution in [2.45, 2.75) is 70.7 Å². The summed E-state index contributed by atoms with van der Waals surface area (Å²) in [7, 11) is 0. The van der Waals surface area contributed by atoms with Gasteiger partial charge in [0, 0.05) is 5.41 Å². The fourth-order valence-corrected chi connectivity index (χ4v) is 5.19. The van der Waals surface area contributed by atoms with Crippen molar-refractivity contribution in [1.82, 2.24) is 0 Å². The Hall–Kier alpha value is -0.340. The van der Waals surface area contributed by atoms with Gasteiger partial charge in [0.15, 0.2) is 6.29 Å². The number of hydrogen-bond acceptors (Lipinski definition) is 2. The summed E-state index contributed by atoms with van der Waals surface area (Å²) in [6.45, 7) is 8.47. The molecule has 18 heavy (non-hydrogen) atoms. The Labute approximate surface area is 110 Å². The van der Waals surface area contributed by atoms with Gasteiger partial charge in [0.05, 0.1) is 5.60 Å². The average Bonchev–Trinajstić information content (AvgIpc) is 2.52. The summed E-state index contributed by atoms with van der Waals surface area (Å²) in [6.07, 6.45) is 9.75. The van der Waals surface area contributed by atoms with Crippen LogP contribution >= 0.6 is 0 Å². The van der Waals surface area contributed by atoms with Crippen molar-refractivity contribution in [3.63, 3.8) is 0 Å². The van der Waals surface area contributed by atoms with Gasteiger partial charge in [-0.2, -0.15) is 0 Å². The highest BCUT2D eigenvalue weighted by Gasteiger charge is 2.69. The molecular formula is C16H26O2. The minimum atomic E-state index is -0.601. The summed E-state index contributed by atoms with van der Waals surface area (Å²) in [5.41, 5.74) is -0.180. The summed E-state index contributed by atoms with van der Waals surface area (Å²) < 4.78 is 6.18. The van der Waals surface area contributed by atoms with Crippen LogP contribution in [0, 0.1) is 16.7 Å². The Morgan fingerprint density at radius 1 is 1.22 bits per heavy atom. The number of rotatable bonds is 2. The van der Waals surface area contributed by atoms with Gasteiger partial charge in [0.1, 0.15) is 0 Å². The molecule has 2 bridgehead atoms. The van der Waals surface area contributed by atoms with Crippen LogP contribution in [0.2, 0.25) is 0 Å². The molecule has 0 aromatic heterocycles. The zero-order valence-electron chi connectivity index (χ0n) is 11.7. The van der Waals surface area contributed by atoms with E-state index in [1.165, 1.54) is 25.7 Å². The third-order valence-corrected chi connectivity index (χ3v) is 6.29. The van der Waals surface area contributed by atoms with Crippen LogP contribution in [0.1, 0.15) is 58.8 Å². The quantitative estimate of drug-likeness (QED) is 0.758. The van der Waals surface area contributed by atoms with E-state index in [-0.39, 0.29) is 16.4 Å². The molecule has 2 nitrogen and oxygen atoms in total. The Morgan fingerprint density at radius 2 is 1.94 bits per heavy atom. The van der Waals surface area contributed by atoms with Gasteiger partial charge in [-0.15, -0.1) is 6.58 Å². The van der Waals surface area contributed by atoms with Crippen molar-refractivity contribution >= 4 is 0 Å². The van der Waals surface area contributed by atoms with Gasteiger partial charge in [-0.3, -0.25) is 0 Å². The molecule has 2 heteroatoms. The van der Waals surface area contributed by atoms with E-state index in [0.717, 1.165) is 19.3 Å². The van der Waals surface area contributed by atoms with Crippen molar-refractivity contribution in [3.8, 4) is 0 Å². The molecule has 1 aliphatic heterocycles. The Kier molecular flexibility index (Phi) is 2.70. The fourth-order valence-electron chi connectivity index (χ4n) is 5.19. The molecule has 2 saturated carbocycles. The summed E-state index contributed by atoms with van der Waals surface area (Å²) in [4.78, 5) is 0. The van der Waals surface area contributed by atoms with E-state index in [0.29, 0.717) is 5.92 Å².